The van der Waals surface area contributed by atoms with Gasteiger partial charge in [0.1, 0.15) is 12.2 Å². The molecule has 5 atom stereocenters. The fraction of sp³-hybridized carbons (Fsp3) is 0.259. The Hall–Kier alpha value is -3.56. The first-order valence-corrected chi connectivity index (χ1v) is 11.2. The summed E-state index contributed by atoms with van der Waals surface area (Å²) in [5.74, 6) is -1.42. The molecule has 1 heterocycles. The van der Waals surface area contributed by atoms with Crippen LogP contribution in [0.1, 0.15) is 26.3 Å². The first-order valence-electron chi connectivity index (χ1n) is 11.2. The van der Waals surface area contributed by atoms with E-state index in [0.29, 0.717) is 0 Å². The number of hydrogen-bond acceptors (Lipinski definition) is 8. The van der Waals surface area contributed by atoms with Gasteiger partial charge < -0.3 is 29.2 Å². The molecule has 4 rings (SSSR count). The summed E-state index contributed by atoms with van der Waals surface area (Å²) in [5, 5.41) is 21.1. The molecule has 3 aromatic rings. The molecule has 182 valence electrons. The summed E-state index contributed by atoms with van der Waals surface area (Å²) >= 11 is 0. The minimum Gasteiger partial charge on any atom is -0.453 e. The van der Waals surface area contributed by atoms with Crippen molar-refractivity contribution >= 4 is 11.9 Å². The van der Waals surface area contributed by atoms with Gasteiger partial charge in [0, 0.05) is 0 Å². The van der Waals surface area contributed by atoms with Crippen molar-refractivity contribution in [3.8, 4) is 0 Å². The Labute approximate surface area is 202 Å². The predicted octanol–water partition coefficient (Wildman–Crippen LogP) is 2.73. The second-order valence-electron chi connectivity index (χ2n) is 7.98. The van der Waals surface area contributed by atoms with Crippen molar-refractivity contribution in [2.75, 3.05) is 6.61 Å². The number of aliphatic hydroxyl groups excluding tert-OH is 2. The number of carbonyl (C=O) groups is 2. The van der Waals surface area contributed by atoms with Crippen LogP contribution in [-0.4, -0.2) is 59.5 Å². The van der Waals surface area contributed by atoms with Crippen molar-refractivity contribution in [3.05, 3.63) is 108 Å². The van der Waals surface area contributed by atoms with Crippen molar-refractivity contribution in [3.63, 3.8) is 0 Å². The van der Waals surface area contributed by atoms with E-state index in [1.54, 1.807) is 60.7 Å². The molecule has 1 aliphatic rings. The van der Waals surface area contributed by atoms with Crippen LogP contribution in [0.5, 0.6) is 0 Å². The second-order valence-corrected chi connectivity index (χ2v) is 7.98. The third-order valence-electron chi connectivity index (χ3n) is 5.56. The first kappa shape index (κ1) is 24.6. The maximum Gasteiger partial charge on any atom is 0.338 e. The van der Waals surface area contributed by atoms with Crippen molar-refractivity contribution in [2.45, 2.75) is 37.3 Å². The van der Waals surface area contributed by atoms with E-state index in [-0.39, 0.29) is 17.7 Å². The molecule has 8 heteroatoms. The number of benzene rings is 3. The quantitative estimate of drug-likeness (QED) is 0.476. The Balaban J connectivity index is 1.55. The first-order chi connectivity index (χ1) is 17.1. The van der Waals surface area contributed by atoms with Crippen molar-refractivity contribution in [1.29, 1.82) is 0 Å². The molecule has 0 bridgehead atoms. The van der Waals surface area contributed by atoms with Crippen LogP contribution < -0.4 is 0 Å². The smallest absolute Gasteiger partial charge is 0.338 e. The third-order valence-corrected chi connectivity index (χ3v) is 5.56. The zero-order chi connectivity index (χ0) is 24.6. The topological polar surface area (TPSA) is 112 Å². The number of carbonyl (C=O) groups excluding carboxylic acids is 2. The summed E-state index contributed by atoms with van der Waals surface area (Å²) in [6.07, 6.45) is -6.49. The van der Waals surface area contributed by atoms with E-state index >= 15 is 0 Å². The highest BCUT2D eigenvalue weighted by atomic mass is 16.7. The number of ether oxygens (including phenoxy) is 4. The highest BCUT2D eigenvalue weighted by molar-refractivity contribution is 5.90. The summed E-state index contributed by atoms with van der Waals surface area (Å²) in [4.78, 5) is 25.4. The van der Waals surface area contributed by atoms with Crippen molar-refractivity contribution in [2.24, 2.45) is 0 Å². The molecule has 8 nitrogen and oxygen atoms in total. The van der Waals surface area contributed by atoms with Crippen LogP contribution in [0.3, 0.4) is 0 Å². The Morgan fingerprint density at radius 3 is 1.74 bits per heavy atom. The van der Waals surface area contributed by atoms with Gasteiger partial charge in [0.25, 0.3) is 0 Å². The highest BCUT2D eigenvalue weighted by Crippen LogP contribution is 2.29. The van der Waals surface area contributed by atoms with E-state index < -0.39 is 49.3 Å². The van der Waals surface area contributed by atoms with Gasteiger partial charge in [-0.3, -0.25) is 0 Å². The minimum absolute atomic E-state index is 0.101. The highest BCUT2D eigenvalue weighted by Gasteiger charge is 2.50. The number of aliphatic hydroxyl groups is 2. The lowest BCUT2D eigenvalue weighted by molar-refractivity contribution is -0.302. The summed E-state index contributed by atoms with van der Waals surface area (Å²) in [6.45, 7) is -0.460. The van der Waals surface area contributed by atoms with Crippen molar-refractivity contribution < 1.29 is 38.7 Å². The van der Waals surface area contributed by atoms with E-state index in [9.17, 15) is 19.8 Å². The molecule has 1 aliphatic heterocycles. The van der Waals surface area contributed by atoms with Gasteiger partial charge in [-0.05, 0) is 29.8 Å². The van der Waals surface area contributed by atoms with Crippen LogP contribution in [0.25, 0.3) is 0 Å². The van der Waals surface area contributed by atoms with Crippen LogP contribution in [-0.2, 0) is 25.6 Å². The third kappa shape index (κ3) is 6.12. The van der Waals surface area contributed by atoms with Crippen LogP contribution in [0.15, 0.2) is 91.0 Å². The van der Waals surface area contributed by atoms with Gasteiger partial charge in [0.05, 0.1) is 24.3 Å². The molecule has 0 radical (unpaired) electrons. The molecule has 3 aromatic carbocycles. The minimum atomic E-state index is -1.53. The molecule has 0 unspecified atom stereocenters. The fourth-order valence-electron chi connectivity index (χ4n) is 3.73. The summed E-state index contributed by atoms with van der Waals surface area (Å²) < 4.78 is 22.8. The van der Waals surface area contributed by atoms with Crippen LogP contribution in [0.2, 0.25) is 0 Å². The van der Waals surface area contributed by atoms with Crippen molar-refractivity contribution in [1.82, 2.24) is 0 Å². The fourth-order valence-corrected chi connectivity index (χ4v) is 3.73. The lowest BCUT2D eigenvalue weighted by Gasteiger charge is -2.42. The maximum absolute atomic E-state index is 12.8. The molecule has 0 saturated carbocycles. The predicted molar refractivity (Wildman–Crippen MR) is 124 cm³/mol. The number of hydrogen-bond donors (Lipinski definition) is 2. The summed E-state index contributed by atoms with van der Waals surface area (Å²) in [6, 6.07) is 25.7. The molecular formula is C27H26O8. The Morgan fingerprint density at radius 1 is 0.743 bits per heavy atom. The average molecular weight is 478 g/mol. The van der Waals surface area contributed by atoms with Gasteiger partial charge in [-0.2, -0.15) is 0 Å². The Morgan fingerprint density at radius 2 is 1.23 bits per heavy atom. The van der Waals surface area contributed by atoms with E-state index in [1.165, 1.54) is 0 Å². The van der Waals surface area contributed by atoms with Gasteiger partial charge >= 0.3 is 11.9 Å². The summed E-state index contributed by atoms with van der Waals surface area (Å²) in [7, 11) is 0. The van der Waals surface area contributed by atoms with E-state index in [4.69, 9.17) is 18.9 Å². The SMILES string of the molecule is O=C(O[C@@H]1[C@@H](OCc2ccccc2)O[C@H](CO)[C@@H](OC(=O)c2ccccc2)[C@@H]1O)c1ccccc1. The largest absolute Gasteiger partial charge is 0.453 e. The number of rotatable bonds is 8. The van der Waals surface area contributed by atoms with Crippen LogP contribution in [0.4, 0.5) is 0 Å². The number of esters is 2. The van der Waals surface area contributed by atoms with E-state index in [1.807, 2.05) is 30.3 Å². The zero-order valence-corrected chi connectivity index (χ0v) is 18.8. The normalized spacial score (nSPS) is 23.9. The lowest BCUT2D eigenvalue weighted by atomic mass is 9.98. The van der Waals surface area contributed by atoms with Gasteiger partial charge in [-0.15, -0.1) is 0 Å². The maximum atomic E-state index is 12.8. The van der Waals surface area contributed by atoms with Gasteiger partial charge in [0.2, 0.25) is 0 Å². The molecular weight excluding hydrogens is 452 g/mol. The van der Waals surface area contributed by atoms with Crippen LogP contribution >= 0.6 is 0 Å². The molecule has 2 N–H and O–H groups in total. The van der Waals surface area contributed by atoms with E-state index in [2.05, 4.69) is 0 Å². The summed E-state index contributed by atoms with van der Waals surface area (Å²) in [5.41, 5.74) is 1.36. The molecule has 0 aliphatic carbocycles. The molecule has 0 aromatic heterocycles. The van der Waals surface area contributed by atoms with Gasteiger partial charge in [-0.1, -0.05) is 66.7 Å². The zero-order valence-electron chi connectivity index (χ0n) is 18.8. The molecule has 1 fully saturated rings. The Bertz CT molecular complexity index is 1090. The van der Waals surface area contributed by atoms with E-state index in [0.717, 1.165) is 5.56 Å². The Kier molecular flexibility index (Phi) is 8.23. The molecule has 1 saturated heterocycles. The lowest BCUT2D eigenvalue weighted by Crippen LogP contribution is -2.61. The molecule has 0 amide bonds. The average Bonchev–Trinajstić information content (AvgIpc) is 2.91. The van der Waals surface area contributed by atoms with Gasteiger partial charge in [0.15, 0.2) is 18.5 Å². The standard InChI is InChI=1S/C27H26O8/c28-16-21-23(34-25(30)19-12-6-2-7-13-19)22(29)24(35-26(31)20-14-8-3-9-15-20)27(33-21)32-17-18-10-4-1-5-11-18/h1-15,21-24,27-29H,16-17H2/t21-,22+,23-,24+,27+/m1/s1. The molecule has 35 heavy (non-hydrogen) atoms. The van der Waals surface area contributed by atoms with Gasteiger partial charge in [-0.25, -0.2) is 9.59 Å². The monoisotopic (exact) mass is 478 g/mol. The second kappa shape index (κ2) is 11.7. The van der Waals surface area contributed by atoms with Crippen LogP contribution in [0, 0.1) is 0 Å². The molecule has 0 spiro atoms.